The molecule has 0 N–H and O–H groups in total. The summed E-state index contributed by atoms with van der Waals surface area (Å²) in [6.45, 7) is 3.95. The van der Waals surface area contributed by atoms with Crippen molar-refractivity contribution >= 4 is 0 Å². The minimum absolute atomic E-state index is 0. The number of para-hydroxylation sites is 2. The van der Waals surface area contributed by atoms with Crippen molar-refractivity contribution in [2.24, 2.45) is 0 Å². The molecule has 1 radical (unpaired) electrons. The summed E-state index contributed by atoms with van der Waals surface area (Å²) in [5.74, 6) is 1.31. The van der Waals surface area contributed by atoms with Crippen LogP contribution in [0, 0.1) is 14.0 Å². The van der Waals surface area contributed by atoms with E-state index in [4.69, 9.17) is 9.47 Å². The van der Waals surface area contributed by atoms with E-state index in [0.29, 0.717) is 18.1 Å². The van der Waals surface area contributed by atoms with Gasteiger partial charge in [0.25, 0.3) is 0 Å². The summed E-state index contributed by atoms with van der Waals surface area (Å²) < 4.78 is 9.95. The summed E-state index contributed by atoms with van der Waals surface area (Å²) in [6, 6.07) is 7.33. The molecule has 0 aliphatic carbocycles. The van der Waals surface area contributed by atoms with E-state index in [1.54, 1.807) is 6.07 Å². The van der Waals surface area contributed by atoms with Crippen LogP contribution in [0.3, 0.4) is 0 Å². The number of rotatable bonds is 3. The zero-order valence-corrected chi connectivity index (χ0v) is 13.0. The van der Waals surface area contributed by atoms with E-state index in [1.165, 1.54) is 0 Å². The second-order valence-electron chi connectivity index (χ2n) is 1.94. The number of benzene rings is 1. The minimum Gasteiger partial charge on any atom is -0.663 e. The van der Waals surface area contributed by atoms with Crippen molar-refractivity contribution in [2.45, 2.75) is 0 Å². The summed E-state index contributed by atoms with van der Waals surface area (Å²) in [5, 5.41) is 0. The van der Waals surface area contributed by atoms with Crippen molar-refractivity contribution in [1.82, 2.24) is 0 Å². The molecule has 0 aliphatic rings. The number of ether oxygens (including phenoxy) is 2. The summed E-state index contributed by atoms with van der Waals surface area (Å²) in [5.41, 5.74) is 0. The Bertz CT molecular complexity index is 231. The van der Waals surface area contributed by atoms with Gasteiger partial charge in [0.05, 0.1) is 0 Å². The van der Waals surface area contributed by atoms with E-state index in [2.05, 4.69) is 14.0 Å². The number of hydrogen-bond acceptors (Lipinski definition) is 2. The summed E-state index contributed by atoms with van der Waals surface area (Å²) in [6.07, 6.45) is 0. The van der Waals surface area contributed by atoms with Crippen molar-refractivity contribution in [3.63, 3.8) is 0 Å². The van der Waals surface area contributed by atoms with E-state index in [0.717, 1.165) is 0 Å². The smallest absolute Gasteiger partial charge is 0.154 e. The maximum atomic E-state index is 5.15. The van der Waals surface area contributed by atoms with Crippen LogP contribution in [-0.4, -0.2) is 6.61 Å². The van der Waals surface area contributed by atoms with Gasteiger partial charge in [0, 0.05) is 53.8 Å². The van der Waals surface area contributed by atoms with Crippen LogP contribution in [0.25, 0.3) is 0 Å². The molecule has 2 nitrogen and oxygen atoms in total. The molecule has 0 aromatic heterocycles. The first kappa shape index (κ1) is 16.1. The van der Waals surface area contributed by atoms with Gasteiger partial charge < -0.3 is 16.4 Å². The quantitative estimate of drug-likeness (QED) is 0.694. The van der Waals surface area contributed by atoms with Crippen LogP contribution in [0.4, 0.5) is 0 Å². The van der Waals surface area contributed by atoms with Gasteiger partial charge in [-0.1, -0.05) is 12.1 Å². The van der Waals surface area contributed by atoms with Gasteiger partial charge in [-0.3, -0.25) is 0 Å². The van der Waals surface area contributed by atoms with E-state index in [9.17, 15) is 0 Å². The van der Waals surface area contributed by atoms with Gasteiger partial charge in [-0.15, -0.1) is 0 Å². The molecular weight excluding hydrogens is 413 g/mol. The summed E-state index contributed by atoms with van der Waals surface area (Å²) >= 11 is 0. The van der Waals surface area contributed by atoms with Crippen LogP contribution in [-0.2, 0) is 53.8 Å². The molecule has 0 fully saturated rings. The molecule has 0 amide bonds. The van der Waals surface area contributed by atoms with E-state index in [1.807, 2.05) is 18.2 Å². The largest absolute Gasteiger partial charge is 0.663 e. The Morgan fingerprint density at radius 3 is 2.15 bits per heavy atom. The molecule has 69 valence electrons. The molecule has 0 saturated heterocycles. The topological polar surface area (TPSA) is 18.5 Å². The van der Waals surface area contributed by atoms with Gasteiger partial charge in [-0.25, -0.2) is 0 Å². The predicted molar refractivity (Wildman–Crippen MR) is 43.3 cm³/mol. The Balaban J connectivity index is 0. The Morgan fingerprint density at radius 1 is 1.15 bits per heavy atom. The maximum Gasteiger partial charge on any atom is 0.154 e. The fourth-order valence-electron chi connectivity index (χ4n) is 0.799. The fourth-order valence-corrected chi connectivity index (χ4v) is 0.799. The van der Waals surface area contributed by atoms with Crippen LogP contribution < -0.4 is 9.47 Å². The van der Waals surface area contributed by atoms with Gasteiger partial charge in [-0.2, -0.15) is 7.11 Å². The molecule has 1 rings (SSSR count). The van der Waals surface area contributed by atoms with Crippen LogP contribution >= 0.6 is 0 Å². The molecule has 13 heavy (non-hydrogen) atoms. The van der Waals surface area contributed by atoms with Gasteiger partial charge >= 0.3 is 0 Å². The van der Waals surface area contributed by atoms with Crippen molar-refractivity contribution in [3.05, 3.63) is 38.3 Å². The standard InChI is InChI=1S/C9H10O2.W.Y/c1-3-11-9-7-5-4-6-8(9)10-2;;/h4-7H,1-3H2;;/q-2;;. The molecule has 1 aromatic carbocycles. The fraction of sp³-hybridized carbons (Fsp3) is 0.111. The van der Waals surface area contributed by atoms with E-state index >= 15 is 0 Å². The Kier molecular flexibility index (Phi) is 11.3. The normalized spacial score (nSPS) is 7.85. The molecule has 0 saturated carbocycles. The molecule has 0 bridgehead atoms. The SMILES string of the molecule is [CH2-]COc1ccccc1O[CH2-].[W].[Y]. The maximum absolute atomic E-state index is 5.15. The van der Waals surface area contributed by atoms with Crippen LogP contribution in [0.2, 0.25) is 0 Å². The average molecular weight is 423 g/mol. The third kappa shape index (κ3) is 5.15. The molecule has 0 unspecified atom stereocenters. The summed E-state index contributed by atoms with van der Waals surface area (Å²) in [7, 11) is 3.30. The molecule has 1 aromatic rings. The Labute approximate surface area is 119 Å². The monoisotopic (exact) mass is 423 g/mol. The zero-order valence-electron chi connectivity index (χ0n) is 7.23. The second kappa shape index (κ2) is 9.18. The second-order valence-corrected chi connectivity index (χ2v) is 1.94. The molecule has 0 heterocycles. The first-order chi connectivity index (χ1) is 5.38. The zero-order chi connectivity index (χ0) is 8.10. The third-order valence-corrected chi connectivity index (χ3v) is 1.26. The molecule has 0 spiro atoms. The van der Waals surface area contributed by atoms with Gasteiger partial charge in [0.1, 0.15) is 5.75 Å². The van der Waals surface area contributed by atoms with Gasteiger partial charge in [-0.05, 0) is 18.7 Å². The Hall–Kier alpha value is 0.612. The molecule has 0 aliphatic heterocycles. The van der Waals surface area contributed by atoms with Crippen LogP contribution in [0.15, 0.2) is 24.3 Å². The third-order valence-electron chi connectivity index (χ3n) is 1.26. The van der Waals surface area contributed by atoms with E-state index < -0.39 is 0 Å². The van der Waals surface area contributed by atoms with Gasteiger partial charge in [0.2, 0.25) is 0 Å². The number of hydrogen-bond donors (Lipinski definition) is 0. The molecule has 0 atom stereocenters. The average Bonchev–Trinajstić information content (AvgIpc) is 2.06. The van der Waals surface area contributed by atoms with Crippen molar-refractivity contribution in [2.75, 3.05) is 6.61 Å². The predicted octanol–water partition coefficient (Wildman–Crippen LogP) is 2.06. The van der Waals surface area contributed by atoms with Crippen LogP contribution in [0.1, 0.15) is 0 Å². The Morgan fingerprint density at radius 2 is 1.69 bits per heavy atom. The summed E-state index contributed by atoms with van der Waals surface area (Å²) in [4.78, 5) is 0. The molecular formula is C9H10O2WY-2. The minimum atomic E-state index is 0. The first-order valence-electron chi connectivity index (χ1n) is 3.31. The van der Waals surface area contributed by atoms with Crippen molar-refractivity contribution in [1.29, 1.82) is 0 Å². The molecule has 4 heteroatoms. The van der Waals surface area contributed by atoms with Crippen LogP contribution in [0.5, 0.6) is 11.5 Å². The van der Waals surface area contributed by atoms with Gasteiger partial charge in [0.15, 0.2) is 5.75 Å². The first-order valence-corrected chi connectivity index (χ1v) is 3.31. The van der Waals surface area contributed by atoms with E-state index in [-0.39, 0.29) is 53.8 Å². The van der Waals surface area contributed by atoms with Crippen molar-refractivity contribution < 1.29 is 63.2 Å². The van der Waals surface area contributed by atoms with Crippen molar-refractivity contribution in [3.8, 4) is 11.5 Å².